The van der Waals surface area contributed by atoms with Crippen LogP contribution < -0.4 is 5.73 Å². The fraction of sp³-hybridized carbons (Fsp3) is 0.700. The number of hydrogen-bond donors (Lipinski definition) is 1. The topological polar surface area (TPSA) is 46.3 Å². The number of rotatable bonds is 1. The fourth-order valence-corrected chi connectivity index (χ4v) is 1.97. The van der Waals surface area contributed by atoms with Crippen molar-refractivity contribution in [2.24, 2.45) is 11.7 Å². The summed E-state index contributed by atoms with van der Waals surface area (Å²) in [4.78, 5) is 13.6. The molecular formula is C10H16N2O. The summed E-state index contributed by atoms with van der Waals surface area (Å²) in [6.45, 7) is 1.53. The van der Waals surface area contributed by atoms with Crippen LogP contribution in [0.3, 0.4) is 0 Å². The van der Waals surface area contributed by atoms with E-state index in [1.165, 1.54) is 0 Å². The zero-order valence-corrected chi connectivity index (χ0v) is 7.78. The Hall–Kier alpha value is -0.830. The van der Waals surface area contributed by atoms with Gasteiger partial charge in [0.05, 0.1) is 0 Å². The molecule has 0 aromatic heterocycles. The second kappa shape index (κ2) is 3.50. The van der Waals surface area contributed by atoms with Gasteiger partial charge in [-0.05, 0) is 19.3 Å². The fourth-order valence-electron chi connectivity index (χ4n) is 1.97. The first-order valence-electron chi connectivity index (χ1n) is 4.97. The summed E-state index contributed by atoms with van der Waals surface area (Å²) < 4.78 is 0. The average molecular weight is 180 g/mol. The van der Waals surface area contributed by atoms with Crippen molar-refractivity contribution in [1.29, 1.82) is 0 Å². The van der Waals surface area contributed by atoms with Gasteiger partial charge in [-0.25, -0.2) is 0 Å². The smallest absolute Gasteiger partial charge is 0.226 e. The summed E-state index contributed by atoms with van der Waals surface area (Å²) in [6, 6.07) is 0.225. The Kier molecular flexibility index (Phi) is 2.36. The van der Waals surface area contributed by atoms with Gasteiger partial charge in [-0.1, -0.05) is 12.2 Å². The highest BCUT2D eigenvalue weighted by Gasteiger charge is 2.31. The molecule has 1 atom stereocenters. The van der Waals surface area contributed by atoms with E-state index in [-0.39, 0.29) is 12.0 Å². The molecule has 2 rings (SSSR count). The first-order chi connectivity index (χ1) is 6.27. The van der Waals surface area contributed by atoms with Gasteiger partial charge in [-0.15, -0.1) is 0 Å². The number of amides is 1. The molecule has 1 unspecified atom stereocenters. The van der Waals surface area contributed by atoms with Crippen LogP contribution in [-0.2, 0) is 4.79 Å². The van der Waals surface area contributed by atoms with Crippen molar-refractivity contribution < 1.29 is 4.79 Å². The molecular weight excluding hydrogens is 164 g/mol. The minimum absolute atomic E-state index is 0.225. The zero-order chi connectivity index (χ0) is 9.26. The van der Waals surface area contributed by atoms with Crippen molar-refractivity contribution in [3.8, 4) is 0 Å². The number of carbonyl (C=O) groups is 1. The Bertz CT molecular complexity index is 231. The molecule has 1 heterocycles. The van der Waals surface area contributed by atoms with Gasteiger partial charge in [0.25, 0.3) is 0 Å². The zero-order valence-electron chi connectivity index (χ0n) is 7.78. The maximum Gasteiger partial charge on any atom is 0.226 e. The number of hydrogen-bond acceptors (Lipinski definition) is 2. The summed E-state index contributed by atoms with van der Waals surface area (Å²) in [6.07, 6.45) is 7.26. The van der Waals surface area contributed by atoms with Crippen molar-refractivity contribution in [3.63, 3.8) is 0 Å². The van der Waals surface area contributed by atoms with Crippen molar-refractivity contribution in [1.82, 2.24) is 4.90 Å². The molecule has 13 heavy (non-hydrogen) atoms. The summed E-state index contributed by atoms with van der Waals surface area (Å²) in [5.74, 6) is 0.545. The van der Waals surface area contributed by atoms with Gasteiger partial charge >= 0.3 is 0 Å². The Balaban J connectivity index is 1.86. The van der Waals surface area contributed by atoms with E-state index >= 15 is 0 Å². The third-order valence-electron chi connectivity index (χ3n) is 2.84. The van der Waals surface area contributed by atoms with Crippen molar-refractivity contribution in [2.75, 3.05) is 13.1 Å². The third kappa shape index (κ3) is 1.75. The van der Waals surface area contributed by atoms with Gasteiger partial charge in [0.2, 0.25) is 5.91 Å². The molecule has 1 fully saturated rings. The molecule has 1 aliphatic heterocycles. The average Bonchev–Trinajstić information content (AvgIpc) is 2.13. The van der Waals surface area contributed by atoms with E-state index in [1.807, 2.05) is 4.90 Å². The summed E-state index contributed by atoms with van der Waals surface area (Å²) in [5, 5.41) is 0. The molecule has 2 aliphatic rings. The maximum absolute atomic E-state index is 11.8. The van der Waals surface area contributed by atoms with Crippen LogP contribution in [0.1, 0.15) is 19.3 Å². The molecule has 0 aromatic carbocycles. The van der Waals surface area contributed by atoms with E-state index in [9.17, 15) is 4.79 Å². The second-order valence-electron chi connectivity index (χ2n) is 3.98. The number of carbonyl (C=O) groups excluding carboxylic acids is 1. The molecule has 3 heteroatoms. The van der Waals surface area contributed by atoms with E-state index in [4.69, 9.17) is 5.73 Å². The predicted molar refractivity (Wildman–Crippen MR) is 51.0 cm³/mol. The first kappa shape index (κ1) is 8.75. The molecule has 1 aliphatic carbocycles. The van der Waals surface area contributed by atoms with Gasteiger partial charge in [0.15, 0.2) is 0 Å². The monoisotopic (exact) mass is 180 g/mol. The minimum Gasteiger partial charge on any atom is -0.339 e. The lowest BCUT2D eigenvalue weighted by molar-refractivity contribution is -0.140. The lowest BCUT2D eigenvalue weighted by Gasteiger charge is -2.39. The Morgan fingerprint density at radius 1 is 1.38 bits per heavy atom. The molecule has 0 spiro atoms. The Morgan fingerprint density at radius 2 is 2.15 bits per heavy atom. The molecule has 2 N–H and O–H groups in total. The lowest BCUT2D eigenvalue weighted by Crippen LogP contribution is -2.59. The van der Waals surface area contributed by atoms with Gasteiger partial charge in [0, 0.05) is 25.0 Å². The lowest BCUT2D eigenvalue weighted by atomic mass is 9.92. The second-order valence-corrected chi connectivity index (χ2v) is 3.98. The number of likely N-dealkylation sites (tertiary alicyclic amines) is 1. The van der Waals surface area contributed by atoms with Crippen LogP contribution in [0.25, 0.3) is 0 Å². The van der Waals surface area contributed by atoms with Crippen molar-refractivity contribution in [2.45, 2.75) is 25.3 Å². The van der Waals surface area contributed by atoms with Crippen molar-refractivity contribution in [3.05, 3.63) is 12.2 Å². The maximum atomic E-state index is 11.8. The van der Waals surface area contributed by atoms with Crippen LogP contribution >= 0.6 is 0 Å². The number of nitrogens with zero attached hydrogens (tertiary/aromatic N) is 1. The number of nitrogens with two attached hydrogens (primary N) is 1. The largest absolute Gasteiger partial charge is 0.339 e. The van der Waals surface area contributed by atoms with Crippen LogP contribution in [0.4, 0.5) is 0 Å². The quantitative estimate of drug-likeness (QED) is 0.598. The summed E-state index contributed by atoms with van der Waals surface area (Å²) in [5.41, 5.74) is 5.63. The van der Waals surface area contributed by atoms with Gasteiger partial charge in [-0.3, -0.25) is 4.79 Å². The van der Waals surface area contributed by atoms with Gasteiger partial charge in [0.1, 0.15) is 0 Å². The van der Waals surface area contributed by atoms with Crippen LogP contribution in [0.15, 0.2) is 12.2 Å². The SMILES string of the molecule is NC1CN(C(=O)C2CC=CCC2)C1. The normalized spacial score (nSPS) is 28.7. The number of allylic oxidation sites excluding steroid dienone is 2. The molecule has 0 bridgehead atoms. The van der Waals surface area contributed by atoms with E-state index in [2.05, 4.69) is 12.2 Å². The van der Waals surface area contributed by atoms with Crippen LogP contribution in [0.2, 0.25) is 0 Å². The standard InChI is InChI=1S/C10H16N2O/c11-9-6-12(7-9)10(13)8-4-2-1-3-5-8/h1-2,8-9H,3-7,11H2. The summed E-state index contributed by atoms with van der Waals surface area (Å²) >= 11 is 0. The molecule has 3 nitrogen and oxygen atoms in total. The van der Waals surface area contributed by atoms with E-state index in [1.54, 1.807) is 0 Å². The van der Waals surface area contributed by atoms with Crippen molar-refractivity contribution >= 4 is 5.91 Å². The highest BCUT2D eigenvalue weighted by atomic mass is 16.2. The van der Waals surface area contributed by atoms with Crippen LogP contribution in [0.5, 0.6) is 0 Å². The Labute approximate surface area is 78.6 Å². The first-order valence-corrected chi connectivity index (χ1v) is 4.97. The molecule has 1 saturated heterocycles. The summed E-state index contributed by atoms with van der Waals surface area (Å²) in [7, 11) is 0. The molecule has 72 valence electrons. The minimum atomic E-state index is 0.225. The highest BCUT2D eigenvalue weighted by molar-refractivity contribution is 5.80. The third-order valence-corrected chi connectivity index (χ3v) is 2.84. The molecule has 0 saturated carbocycles. The van der Waals surface area contributed by atoms with Gasteiger partial charge < -0.3 is 10.6 Å². The van der Waals surface area contributed by atoms with Crippen LogP contribution in [0, 0.1) is 5.92 Å². The van der Waals surface area contributed by atoms with Crippen LogP contribution in [-0.4, -0.2) is 29.9 Å². The van der Waals surface area contributed by atoms with E-state index in [0.717, 1.165) is 32.4 Å². The van der Waals surface area contributed by atoms with E-state index < -0.39 is 0 Å². The predicted octanol–water partition coefficient (Wildman–Crippen LogP) is 0.512. The molecule has 0 radical (unpaired) electrons. The highest BCUT2D eigenvalue weighted by Crippen LogP contribution is 2.22. The Morgan fingerprint density at radius 3 is 2.69 bits per heavy atom. The molecule has 0 aromatic rings. The van der Waals surface area contributed by atoms with E-state index in [0.29, 0.717) is 5.91 Å². The molecule has 1 amide bonds. The van der Waals surface area contributed by atoms with Gasteiger partial charge in [-0.2, -0.15) is 0 Å².